The van der Waals surface area contributed by atoms with Crippen LogP contribution in [-0.4, -0.2) is 22.3 Å². The van der Waals surface area contributed by atoms with Crippen molar-refractivity contribution in [2.45, 2.75) is 19.6 Å². The molecule has 0 fully saturated rings. The highest BCUT2D eigenvalue weighted by atomic mass is 19.4. The third-order valence-electron chi connectivity index (χ3n) is 2.60. The van der Waals surface area contributed by atoms with E-state index in [9.17, 15) is 13.2 Å². The highest BCUT2D eigenvalue weighted by Gasteiger charge is 2.28. The molecule has 6 heteroatoms. The molecule has 0 aliphatic carbocycles. The Morgan fingerprint density at radius 3 is 2.42 bits per heavy atom. The lowest BCUT2D eigenvalue weighted by Gasteiger charge is -2.10. The van der Waals surface area contributed by atoms with Crippen molar-refractivity contribution >= 4 is 0 Å². The van der Waals surface area contributed by atoms with Crippen molar-refractivity contribution in [2.24, 2.45) is 0 Å². The average Bonchev–Trinajstić information content (AvgIpc) is 2.73. The molecule has 0 atom stereocenters. The molecular weight excluding hydrogens is 257 g/mol. The maximum Gasteiger partial charge on any atom is 0.422 e. The molecule has 0 spiro atoms. The number of rotatable bonds is 4. The Kier molecular flexibility index (Phi) is 3.78. The lowest BCUT2D eigenvalue weighted by atomic mass is 10.2. The monoisotopic (exact) mass is 270 g/mol. The molecule has 1 aromatic heterocycles. The van der Waals surface area contributed by atoms with Crippen LogP contribution in [-0.2, 0) is 6.54 Å². The van der Waals surface area contributed by atoms with Crippen molar-refractivity contribution in [2.75, 3.05) is 6.61 Å². The van der Waals surface area contributed by atoms with Gasteiger partial charge in [-0.05, 0) is 24.6 Å². The number of benzene rings is 1. The first-order valence-corrected chi connectivity index (χ1v) is 5.70. The summed E-state index contributed by atoms with van der Waals surface area (Å²) in [5.74, 6) is 1.10. The molecule has 0 bridgehead atoms. The van der Waals surface area contributed by atoms with E-state index in [-0.39, 0.29) is 5.75 Å². The van der Waals surface area contributed by atoms with Crippen LogP contribution in [0.25, 0.3) is 0 Å². The SMILES string of the molecule is Cc1nccn1Cc1ccc(OCC(F)(F)F)cc1. The molecule has 0 unspecified atom stereocenters. The Morgan fingerprint density at radius 1 is 1.21 bits per heavy atom. The van der Waals surface area contributed by atoms with Gasteiger partial charge in [-0.15, -0.1) is 0 Å². The van der Waals surface area contributed by atoms with Crippen molar-refractivity contribution in [1.29, 1.82) is 0 Å². The summed E-state index contributed by atoms with van der Waals surface area (Å²) >= 11 is 0. The summed E-state index contributed by atoms with van der Waals surface area (Å²) < 4.78 is 42.5. The molecule has 0 N–H and O–H groups in total. The number of hydrogen-bond acceptors (Lipinski definition) is 2. The summed E-state index contributed by atoms with van der Waals surface area (Å²) in [5, 5.41) is 0. The molecule has 102 valence electrons. The third kappa shape index (κ3) is 4.01. The molecule has 2 rings (SSSR count). The van der Waals surface area contributed by atoms with Crippen LogP contribution in [0, 0.1) is 6.92 Å². The van der Waals surface area contributed by atoms with Gasteiger partial charge in [0.1, 0.15) is 11.6 Å². The van der Waals surface area contributed by atoms with Crippen LogP contribution in [0.5, 0.6) is 5.75 Å². The topological polar surface area (TPSA) is 27.1 Å². The molecular formula is C13H13F3N2O. The molecule has 3 nitrogen and oxygen atoms in total. The van der Waals surface area contributed by atoms with Crippen molar-refractivity contribution < 1.29 is 17.9 Å². The van der Waals surface area contributed by atoms with Crippen LogP contribution < -0.4 is 4.74 Å². The fraction of sp³-hybridized carbons (Fsp3) is 0.308. The zero-order chi connectivity index (χ0) is 13.9. The van der Waals surface area contributed by atoms with Gasteiger partial charge < -0.3 is 9.30 Å². The maximum atomic E-state index is 12.0. The van der Waals surface area contributed by atoms with E-state index in [1.165, 1.54) is 12.1 Å². The second kappa shape index (κ2) is 5.34. The van der Waals surface area contributed by atoms with E-state index in [2.05, 4.69) is 9.72 Å². The van der Waals surface area contributed by atoms with E-state index in [4.69, 9.17) is 0 Å². The second-order valence-electron chi connectivity index (χ2n) is 4.15. The molecule has 0 aliphatic rings. The van der Waals surface area contributed by atoms with Crippen molar-refractivity contribution in [1.82, 2.24) is 9.55 Å². The van der Waals surface area contributed by atoms with Gasteiger partial charge in [0.2, 0.25) is 0 Å². The second-order valence-corrected chi connectivity index (χ2v) is 4.15. The maximum absolute atomic E-state index is 12.0. The minimum Gasteiger partial charge on any atom is -0.484 e. The number of hydrogen-bond donors (Lipinski definition) is 0. The zero-order valence-electron chi connectivity index (χ0n) is 10.3. The highest BCUT2D eigenvalue weighted by Crippen LogP contribution is 2.19. The fourth-order valence-corrected chi connectivity index (χ4v) is 1.62. The number of alkyl halides is 3. The molecule has 19 heavy (non-hydrogen) atoms. The summed E-state index contributed by atoms with van der Waals surface area (Å²) in [7, 11) is 0. The lowest BCUT2D eigenvalue weighted by Crippen LogP contribution is -2.19. The Balaban J connectivity index is 1.97. The molecule has 0 saturated heterocycles. The molecule has 1 heterocycles. The summed E-state index contributed by atoms with van der Waals surface area (Å²) in [5.41, 5.74) is 0.973. The number of halogens is 3. The first-order valence-electron chi connectivity index (χ1n) is 5.70. The first-order chi connectivity index (χ1) is 8.94. The molecule has 0 amide bonds. The van der Waals surface area contributed by atoms with E-state index >= 15 is 0 Å². The van der Waals surface area contributed by atoms with Crippen LogP contribution in [0.1, 0.15) is 11.4 Å². The van der Waals surface area contributed by atoms with Gasteiger partial charge in [0.25, 0.3) is 0 Å². The minimum atomic E-state index is -4.31. The Bertz CT molecular complexity index is 532. The largest absolute Gasteiger partial charge is 0.484 e. The van der Waals surface area contributed by atoms with Crippen molar-refractivity contribution in [3.8, 4) is 5.75 Å². The van der Waals surface area contributed by atoms with E-state index < -0.39 is 12.8 Å². The number of aromatic nitrogens is 2. The average molecular weight is 270 g/mol. The van der Waals surface area contributed by atoms with Gasteiger partial charge in [-0.3, -0.25) is 0 Å². The predicted octanol–water partition coefficient (Wildman–Crippen LogP) is 3.18. The molecule has 2 aromatic rings. The minimum absolute atomic E-state index is 0.212. The summed E-state index contributed by atoms with van der Waals surface area (Å²) in [4.78, 5) is 4.10. The smallest absolute Gasteiger partial charge is 0.422 e. The summed E-state index contributed by atoms with van der Waals surface area (Å²) in [6.07, 6.45) is -0.758. The van der Waals surface area contributed by atoms with Gasteiger partial charge in [-0.1, -0.05) is 12.1 Å². The van der Waals surface area contributed by atoms with E-state index in [0.29, 0.717) is 6.54 Å². The summed E-state index contributed by atoms with van der Waals surface area (Å²) in [6, 6.07) is 6.55. The highest BCUT2D eigenvalue weighted by molar-refractivity contribution is 5.27. The van der Waals surface area contributed by atoms with E-state index in [1.807, 2.05) is 17.7 Å². The number of ether oxygens (including phenoxy) is 1. The van der Waals surface area contributed by atoms with Crippen LogP contribution in [0.2, 0.25) is 0 Å². The van der Waals surface area contributed by atoms with Crippen LogP contribution >= 0.6 is 0 Å². The molecule has 0 radical (unpaired) electrons. The van der Waals surface area contributed by atoms with Gasteiger partial charge >= 0.3 is 6.18 Å². The van der Waals surface area contributed by atoms with Crippen LogP contribution in [0.4, 0.5) is 13.2 Å². The van der Waals surface area contributed by atoms with Crippen LogP contribution in [0.3, 0.4) is 0 Å². The quantitative estimate of drug-likeness (QED) is 0.853. The van der Waals surface area contributed by atoms with Gasteiger partial charge in [0.05, 0.1) is 0 Å². The van der Waals surface area contributed by atoms with Gasteiger partial charge in [-0.2, -0.15) is 13.2 Å². The van der Waals surface area contributed by atoms with Crippen molar-refractivity contribution in [3.05, 3.63) is 48.0 Å². The van der Waals surface area contributed by atoms with Gasteiger partial charge in [0.15, 0.2) is 6.61 Å². The fourth-order valence-electron chi connectivity index (χ4n) is 1.62. The van der Waals surface area contributed by atoms with Crippen molar-refractivity contribution in [3.63, 3.8) is 0 Å². The zero-order valence-corrected chi connectivity index (χ0v) is 10.3. The molecule has 0 aliphatic heterocycles. The normalized spacial score (nSPS) is 11.6. The lowest BCUT2D eigenvalue weighted by molar-refractivity contribution is -0.153. The number of aryl methyl sites for hydroxylation is 1. The third-order valence-corrected chi connectivity index (χ3v) is 2.60. The Morgan fingerprint density at radius 2 is 1.89 bits per heavy atom. The van der Waals surface area contributed by atoms with E-state index in [0.717, 1.165) is 11.4 Å². The number of imidazole rings is 1. The van der Waals surface area contributed by atoms with E-state index in [1.54, 1.807) is 18.3 Å². The first kappa shape index (κ1) is 13.5. The summed E-state index contributed by atoms with van der Waals surface area (Å²) in [6.45, 7) is 1.25. The Labute approximate surface area is 108 Å². The molecule has 1 aromatic carbocycles. The standard InChI is InChI=1S/C13H13F3N2O/c1-10-17-6-7-18(10)8-11-2-4-12(5-3-11)19-9-13(14,15)16/h2-7H,8-9H2,1H3. The van der Waals surface area contributed by atoms with Crippen LogP contribution in [0.15, 0.2) is 36.7 Å². The molecule has 0 saturated carbocycles. The Hall–Kier alpha value is -1.98. The van der Waals surface area contributed by atoms with Gasteiger partial charge in [-0.25, -0.2) is 4.98 Å². The predicted molar refractivity (Wildman–Crippen MR) is 64.1 cm³/mol. The van der Waals surface area contributed by atoms with Gasteiger partial charge in [0, 0.05) is 18.9 Å². The number of nitrogens with zero attached hydrogens (tertiary/aromatic N) is 2.